The third kappa shape index (κ3) is 7.48. The van der Waals surface area contributed by atoms with Crippen molar-refractivity contribution in [2.75, 3.05) is 0 Å². The van der Waals surface area contributed by atoms with Gasteiger partial charge in [0.25, 0.3) is 20.2 Å². The van der Waals surface area contributed by atoms with Crippen LogP contribution in [0.4, 0.5) is 11.4 Å². The summed E-state index contributed by atoms with van der Waals surface area (Å²) in [4.78, 5) is 18.1. The number of nitroso groups, excluding NO2 is 2. The van der Waals surface area contributed by atoms with Crippen LogP contribution >= 0.6 is 0 Å². The minimum Gasteiger partial charge on any atom is -0.744 e. The van der Waals surface area contributed by atoms with Crippen molar-refractivity contribution in [2.45, 2.75) is 19.6 Å². The van der Waals surface area contributed by atoms with Crippen molar-refractivity contribution in [3.63, 3.8) is 0 Å². The summed E-state index contributed by atoms with van der Waals surface area (Å²) in [5.41, 5.74) is -1.44. The number of rotatable bonds is 6. The van der Waals surface area contributed by atoms with Gasteiger partial charge in [0.05, 0.1) is 19.6 Å². The molecule has 43 heavy (non-hydrogen) atoms. The molecule has 0 aliphatic heterocycles. The van der Waals surface area contributed by atoms with Crippen LogP contribution in [0, 0.1) is 9.81 Å². The van der Waals surface area contributed by atoms with E-state index < -0.39 is 82.9 Å². The molecule has 0 atom stereocenters. The van der Waals surface area contributed by atoms with Gasteiger partial charge in [0, 0.05) is 27.8 Å². The second-order valence-corrected chi connectivity index (χ2v) is 13.5. The molecule has 18 nitrogen and oxygen atoms in total. The molecule has 4 N–H and O–H groups in total. The van der Waals surface area contributed by atoms with E-state index in [1.807, 2.05) is 0 Å². The topological polar surface area (TPSA) is 322 Å². The molecule has 4 aromatic rings. The Kier molecular flexibility index (Phi) is 10.1. The zero-order valence-corrected chi connectivity index (χ0v) is 24.3. The van der Waals surface area contributed by atoms with Gasteiger partial charge in [-0.1, -0.05) is 12.1 Å². The maximum absolute atomic E-state index is 11.0. The molecule has 0 saturated heterocycles. The summed E-state index contributed by atoms with van der Waals surface area (Å²) in [5, 5.41) is 23.6. The number of benzene rings is 4. The number of aromatic hydroxyl groups is 2. The zero-order valence-electron chi connectivity index (χ0n) is 20.1. The summed E-state index contributed by atoms with van der Waals surface area (Å²) in [5.74, 6) is -2.24. The average Bonchev–Trinajstić information content (AvgIpc) is 2.85. The molecular formula is C20H12CuN2O16S4-2. The van der Waals surface area contributed by atoms with Gasteiger partial charge in [0.1, 0.15) is 20.2 Å². The second-order valence-electron chi connectivity index (χ2n) is 7.95. The van der Waals surface area contributed by atoms with Crippen LogP contribution in [-0.2, 0) is 57.5 Å². The Labute approximate surface area is 251 Å². The van der Waals surface area contributed by atoms with Crippen molar-refractivity contribution in [1.82, 2.24) is 0 Å². The molecule has 0 aliphatic carbocycles. The minimum absolute atomic E-state index is 0. The molecule has 0 unspecified atom stereocenters. The van der Waals surface area contributed by atoms with Gasteiger partial charge in [-0.25, -0.2) is 16.8 Å². The van der Waals surface area contributed by atoms with Crippen molar-refractivity contribution in [1.29, 1.82) is 0 Å². The number of phenolic OH excluding ortho intramolecular Hbond substituents is 2. The smallest absolute Gasteiger partial charge is 0.294 e. The number of fused-ring (bicyclic) bond motifs is 2. The van der Waals surface area contributed by atoms with Crippen LogP contribution in [0.1, 0.15) is 0 Å². The van der Waals surface area contributed by atoms with Gasteiger partial charge in [-0.05, 0) is 57.5 Å². The van der Waals surface area contributed by atoms with Gasteiger partial charge in [-0.2, -0.15) is 16.8 Å². The minimum atomic E-state index is -5.12. The summed E-state index contributed by atoms with van der Waals surface area (Å²) in [6, 6.07) is 6.99. The SMILES string of the molecule is O=Nc1c(O)c(S(=O)(=O)[O-])cc2cc(S(=O)(=O)O)ccc12.O=Nc1c(O)c(S(=O)(=O)[O-])cc2cc(S(=O)(=O)O)ccc12.[Cu]. The molecule has 0 heterocycles. The van der Waals surface area contributed by atoms with Gasteiger partial charge in [-0.15, -0.1) is 9.81 Å². The maximum Gasteiger partial charge on any atom is 0.294 e. The molecule has 0 aromatic heterocycles. The van der Waals surface area contributed by atoms with E-state index in [1.165, 1.54) is 0 Å². The average molecular weight is 728 g/mol. The van der Waals surface area contributed by atoms with E-state index in [0.29, 0.717) is 12.1 Å². The Morgan fingerprint density at radius 1 is 0.558 bits per heavy atom. The third-order valence-electron chi connectivity index (χ3n) is 5.36. The fourth-order valence-corrected chi connectivity index (χ4v) is 5.79. The summed E-state index contributed by atoms with van der Waals surface area (Å²) in [7, 11) is -19.4. The summed E-state index contributed by atoms with van der Waals surface area (Å²) < 4.78 is 128. The van der Waals surface area contributed by atoms with E-state index in [2.05, 4.69) is 10.4 Å². The monoisotopic (exact) mass is 727 g/mol. The molecule has 1 radical (unpaired) electrons. The molecular weight excluding hydrogens is 716 g/mol. The molecule has 23 heteroatoms. The van der Waals surface area contributed by atoms with Crippen molar-refractivity contribution in [3.05, 3.63) is 58.3 Å². The Morgan fingerprint density at radius 2 is 0.860 bits per heavy atom. The van der Waals surface area contributed by atoms with Gasteiger partial charge in [-0.3, -0.25) is 9.11 Å². The fourth-order valence-electron chi connectivity index (χ4n) is 3.55. The summed E-state index contributed by atoms with van der Waals surface area (Å²) in [6.07, 6.45) is 0. The van der Waals surface area contributed by atoms with E-state index in [4.69, 9.17) is 9.11 Å². The van der Waals surface area contributed by atoms with E-state index in [1.54, 1.807) is 0 Å². The van der Waals surface area contributed by atoms with Crippen LogP contribution in [-0.4, -0.2) is 62.1 Å². The first kappa shape index (κ1) is 35.6. The Hall–Kier alpha value is -3.64. The van der Waals surface area contributed by atoms with Crippen molar-refractivity contribution >= 4 is 73.4 Å². The van der Waals surface area contributed by atoms with Crippen LogP contribution in [0.3, 0.4) is 0 Å². The number of nitrogens with zero attached hydrogens (tertiary/aromatic N) is 2. The first-order valence-electron chi connectivity index (χ1n) is 10.2. The van der Waals surface area contributed by atoms with Gasteiger partial charge in [0.15, 0.2) is 22.9 Å². The normalized spacial score (nSPS) is 12.2. The molecule has 0 fully saturated rings. The van der Waals surface area contributed by atoms with Gasteiger partial charge < -0.3 is 19.3 Å². The van der Waals surface area contributed by atoms with Crippen LogP contribution in [0.25, 0.3) is 21.5 Å². The van der Waals surface area contributed by atoms with E-state index >= 15 is 0 Å². The quantitative estimate of drug-likeness (QED) is 0.126. The summed E-state index contributed by atoms with van der Waals surface area (Å²) in [6.45, 7) is 0. The molecule has 235 valence electrons. The van der Waals surface area contributed by atoms with Crippen molar-refractivity contribution < 1.29 is 79.2 Å². The van der Waals surface area contributed by atoms with E-state index in [0.717, 1.165) is 36.4 Å². The van der Waals surface area contributed by atoms with Crippen LogP contribution in [0.15, 0.2) is 78.5 Å². The predicted octanol–water partition coefficient (Wildman–Crippen LogP) is 2.19. The summed E-state index contributed by atoms with van der Waals surface area (Å²) >= 11 is 0. The third-order valence-corrected chi connectivity index (χ3v) is 8.76. The van der Waals surface area contributed by atoms with Crippen LogP contribution < -0.4 is 0 Å². The first-order chi connectivity index (χ1) is 19.1. The standard InChI is InChI=1S/2C10H7NO8S2.Cu/c2*12-10-8(21(17,18)19)4-5-3-6(20(14,15)16)1-2-7(5)9(10)11-13;/h2*1-4,12H,(H,14,15,16)(H,17,18,19);/p-2. The first-order valence-corrected chi connectivity index (χ1v) is 15.9. The Morgan fingerprint density at radius 3 is 1.09 bits per heavy atom. The van der Waals surface area contributed by atoms with Crippen molar-refractivity contribution in [2.24, 2.45) is 10.4 Å². The second kappa shape index (κ2) is 12.2. The Bertz CT molecular complexity index is 2090. The van der Waals surface area contributed by atoms with Gasteiger partial charge in [0.2, 0.25) is 0 Å². The molecule has 0 amide bonds. The number of phenols is 2. The molecule has 0 saturated carbocycles. The van der Waals surface area contributed by atoms with Crippen molar-refractivity contribution in [3.8, 4) is 11.5 Å². The molecule has 0 aliphatic rings. The number of hydrogen-bond acceptors (Lipinski definition) is 16. The molecule has 4 aromatic carbocycles. The number of hydrogen-bond donors (Lipinski definition) is 4. The maximum atomic E-state index is 11.0. The van der Waals surface area contributed by atoms with Crippen LogP contribution in [0.2, 0.25) is 0 Å². The molecule has 4 rings (SSSR count). The van der Waals surface area contributed by atoms with E-state index in [9.17, 15) is 62.8 Å². The van der Waals surface area contributed by atoms with Gasteiger partial charge >= 0.3 is 0 Å². The van der Waals surface area contributed by atoms with E-state index in [-0.39, 0.29) is 38.6 Å². The largest absolute Gasteiger partial charge is 0.744 e. The predicted molar refractivity (Wildman–Crippen MR) is 138 cm³/mol. The molecule has 0 bridgehead atoms. The Balaban J connectivity index is 0.000000293. The zero-order chi connectivity index (χ0) is 32.0. The van der Waals surface area contributed by atoms with Crippen LogP contribution in [0.5, 0.6) is 11.5 Å². The fraction of sp³-hybridized carbons (Fsp3) is 0. The molecule has 0 spiro atoms.